The van der Waals surface area contributed by atoms with Crippen molar-refractivity contribution < 1.29 is 4.79 Å². The fourth-order valence-corrected chi connectivity index (χ4v) is 4.72. The summed E-state index contributed by atoms with van der Waals surface area (Å²) < 4.78 is 0. The van der Waals surface area contributed by atoms with Gasteiger partial charge in [-0.25, -0.2) is 0 Å². The van der Waals surface area contributed by atoms with Crippen molar-refractivity contribution >= 4 is 69.5 Å². The maximum Gasteiger partial charge on any atom is 0.162 e. The number of Topliss-reactive ketones (excluding diaryl/α,β-unsaturated/α-hetero) is 1. The van der Waals surface area contributed by atoms with Crippen molar-refractivity contribution in [3.63, 3.8) is 0 Å². The molecule has 0 fully saturated rings. The van der Waals surface area contributed by atoms with E-state index in [0.717, 1.165) is 11.1 Å². The van der Waals surface area contributed by atoms with E-state index >= 15 is 0 Å². The number of alkyl halides is 4. The maximum absolute atomic E-state index is 12.7. The van der Waals surface area contributed by atoms with Crippen LogP contribution < -0.4 is 0 Å². The molecule has 0 heterocycles. The summed E-state index contributed by atoms with van der Waals surface area (Å²) in [6.45, 7) is 0. The molecule has 4 atom stereocenters. The highest BCUT2D eigenvalue weighted by atomic mass is 79.9. The molecule has 0 amide bonds. The molecule has 5 heteroatoms. The van der Waals surface area contributed by atoms with E-state index in [1.807, 2.05) is 60.7 Å². The highest BCUT2D eigenvalue weighted by Gasteiger charge is 2.33. The first-order valence-electron chi connectivity index (χ1n) is 6.72. The fraction of sp³-hybridized carbons (Fsp3) is 0.235. The number of hydrogen-bond donors (Lipinski definition) is 0. The van der Waals surface area contributed by atoms with Gasteiger partial charge in [0.25, 0.3) is 0 Å². The van der Waals surface area contributed by atoms with Crippen molar-refractivity contribution in [2.75, 3.05) is 0 Å². The zero-order valence-corrected chi connectivity index (χ0v) is 17.8. The van der Waals surface area contributed by atoms with Crippen LogP contribution in [0.4, 0.5) is 0 Å². The first kappa shape index (κ1) is 18.4. The minimum atomic E-state index is -0.317. The average Bonchev–Trinajstić information content (AvgIpc) is 2.60. The molecule has 0 aliphatic rings. The molecule has 0 N–H and O–H groups in total. The number of carbonyl (C=O) groups is 1. The summed E-state index contributed by atoms with van der Waals surface area (Å²) in [4.78, 5) is 11.9. The summed E-state index contributed by atoms with van der Waals surface area (Å²) in [5.41, 5.74) is 2.14. The summed E-state index contributed by atoms with van der Waals surface area (Å²) in [7, 11) is 0. The molecule has 22 heavy (non-hydrogen) atoms. The lowest BCUT2D eigenvalue weighted by atomic mass is 10.0. The van der Waals surface area contributed by atoms with Gasteiger partial charge in [0, 0.05) is 0 Å². The third kappa shape index (κ3) is 4.53. The molecule has 0 saturated carbocycles. The first-order valence-corrected chi connectivity index (χ1v) is 10.4. The third-order valence-corrected chi connectivity index (χ3v) is 8.79. The Hall–Kier alpha value is 0.0300. The highest BCUT2D eigenvalue weighted by Crippen LogP contribution is 2.38. The topological polar surface area (TPSA) is 17.1 Å². The molecule has 0 aromatic heterocycles. The van der Waals surface area contributed by atoms with Crippen LogP contribution in [0.1, 0.15) is 20.8 Å². The summed E-state index contributed by atoms with van der Waals surface area (Å²) >= 11 is 14.3. The summed E-state index contributed by atoms with van der Waals surface area (Å²) in [6, 6.07) is 19.8. The Labute approximate surface area is 164 Å². The molecule has 2 rings (SSSR count). The molecule has 4 unspecified atom stereocenters. The monoisotopic (exact) mass is 550 g/mol. The van der Waals surface area contributed by atoms with Crippen molar-refractivity contribution in [1.82, 2.24) is 0 Å². The number of carbonyl (C=O) groups excluding carboxylic acids is 1. The Morgan fingerprint density at radius 3 is 1.27 bits per heavy atom. The third-order valence-electron chi connectivity index (χ3n) is 3.29. The molecule has 1 nitrogen and oxygen atoms in total. The van der Waals surface area contributed by atoms with Crippen molar-refractivity contribution in [3.05, 3.63) is 71.8 Å². The van der Waals surface area contributed by atoms with Gasteiger partial charge in [0.2, 0.25) is 0 Å². The van der Waals surface area contributed by atoms with Crippen LogP contribution in [0.15, 0.2) is 60.7 Å². The lowest BCUT2D eigenvalue weighted by molar-refractivity contribution is -0.117. The predicted molar refractivity (Wildman–Crippen MR) is 107 cm³/mol. The molecule has 0 aliphatic heterocycles. The van der Waals surface area contributed by atoms with Crippen LogP contribution in [-0.2, 0) is 4.79 Å². The molecule has 0 spiro atoms. The standard InChI is InChI=1S/C17H14Br4O/c18-13(11-7-3-1-4-8-11)15(20)17(22)16(21)14(19)12-9-5-2-6-10-12/h1-10,13-16H. The summed E-state index contributed by atoms with van der Waals surface area (Å²) in [6.07, 6.45) is 0. The molecular formula is C17H14Br4O. The summed E-state index contributed by atoms with van der Waals surface area (Å²) in [5.74, 6) is 0.0939. The van der Waals surface area contributed by atoms with Crippen molar-refractivity contribution in [2.24, 2.45) is 0 Å². The number of ketones is 1. The van der Waals surface area contributed by atoms with E-state index in [2.05, 4.69) is 63.7 Å². The molecular weight excluding hydrogens is 540 g/mol. The van der Waals surface area contributed by atoms with Gasteiger partial charge in [0.05, 0.1) is 19.3 Å². The van der Waals surface area contributed by atoms with Gasteiger partial charge in [0.15, 0.2) is 5.78 Å². The lowest BCUT2D eigenvalue weighted by Gasteiger charge is -2.22. The molecule has 2 aromatic carbocycles. The molecule has 0 bridgehead atoms. The molecule has 2 aromatic rings. The highest BCUT2D eigenvalue weighted by molar-refractivity contribution is 9.13. The maximum atomic E-state index is 12.7. The zero-order chi connectivity index (χ0) is 16.1. The van der Waals surface area contributed by atoms with Gasteiger partial charge in [-0.05, 0) is 11.1 Å². The van der Waals surface area contributed by atoms with E-state index in [0.29, 0.717) is 0 Å². The Morgan fingerprint density at radius 2 is 0.955 bits per heavy atom. The minimum Gasteiger partial charge on any atom is -0.297 e. The van der Waals surface area contributed by atoms with E-state index in [-0.39, 0.29) is 25.1 Å². The number of halogens is 4. The van der Waals surface area contributed by atoms with Gasteiger partial charge in [-0.2, -0.15) is 0 Å². The van der Waals surface area contributed by atoms with Crippen LogP contribution in [0.5, 0.6) is 0 Å². The van der Waals surface area contributed by atoms with E-state index < -0.39 is 0 Å². The van der Waals surface area contributed by atoms with Gasteiger partial charge >= 0.3 is 0 Å². The van der Waals surface area contributed by atoms with Crippen LogP contribution in [0.2, 0.25) is 0 Å². The Morgan fingerprint density at radius 1 is 0.636 bits per heavy atom. The van der Waals surface area contributed by atoms with E-state index in [1.165, 1.54) is 0 Å². The first-order chi connectivity index (χ1) is 10.5. The van der Waals surface area contributed by atoms with Crippen LogP contribution in [-0.4, -0.2) is 15.4 Å². The second-order valence-electron chi connectivity index (χ2n) is 4.83. The number of rotatable bonds is 6. The van der Waals surface area contributed by atoms with Gasteiger partial charge < -0.3 is 0 Å². The smallest absolute Gasteiger partial charge is 0.162 e. The molecule has 0 aliphatic carbocycles. The van der Waals surface area contributed by atoms with Gasteiger partial charge in [-0.3, -0.25) is 4.79 Å². The second kappa shape index (κ2) is 8.76. The SMILES string of the molecule is O=C(C(Br)C(Br)c1ccccc1)C(Br)C(Br)c1ccccc1. The summed E-state index contributed by atoms with van der Waals surface area (Å²) in [5, 5.41) is 0. The Kier molecular flexibility index (Phi) is 7.32. The molecule has 0 saturated heterocycles. The van der Waals surface area contributed by atoms with E-state index in [9.17, 15) is 4.79 Å². The molecule has 116 valence electrons. The van der Waals surface area contributed by atoms with Crippen LogP contribution in [0.3, 0.4) is 0 Å². The molecule has 0 radical (unpaired) electrons. The second-order valence-corrected chi connectivity index (χ2v) is 8.78. The Balaban J connectivity index is 2.10. The normalized spacial score (nSPS) is 16.5. The van der Waals surface area contributed by atoms with Gasteiger partial charge in [0.1, 0.15) is 0 Å². The number of benzene rings is 2. The predicted octanol–water partition coefficient (Wildman–Crippen LogP) is 6.35. The van der Waals surface area contributed by atoms with E-state index in [4.69, 9.17) is 0 Å². The van der Waals surface area contributed by atoms with Crippen LogP contribution in [0.25, 0.3) is 0 Å². The van der Waals surface area contributed by atoms with Gasteiger partial charge in [-0.1, -0.05) is 124 Å². The van der Waals surface area contributed by atoms with Crippen molar-refractivity contribution in [3.8, 4) is 0 Å². The van der Waals surface area contributed by atoms with Crippen molar-refractivity contribution in [1.29, 1.82) is 0 Å². The fourth-order valence-electron chi connectivity index (χ4n) is 2.05. The number of hydrogen-bond acceptors (Lipinski definition) is 1. The largest absolute Gasteiger partial charge is 0.297 e. The lowest BCUT2D eigenvalue weighted by Crippen LogP contribution is -2.29. The quantitative estimate of drug-likeness (QED) is 0.381. The van der Waals surface area contributed by atoms with E-state index in [1.54, 1.807) is 0 Å². The zero-order valence-electron chi connectivity index (χ0n) is 11.5. The minimum absolute atomic E-state index is 0.0725. The average molecular weight is 554 g/mol. The van der Waals surface area contributed by atoms with Crippen LogP contribution >= 0.6 is 63.7 Å². The van der Waals surface area contributed by atoms with Gasteiger partial charge in [-0.15, -0.1) is 0 Å². The van der Waals surface area contributed by atoms with Crippen molar-refractivity contribution in [2.45, 2.75) is 19.3 Å². The van der Waals surface area contributed by atoms with Crippen LogP contribution in [0, 0.1) is 0 Å². The Bertz CT molecular complexity index is 549.